The number of nitrogens with zero attached hydrogens (tertiary/aromatic N) is 8. The average Bonchev–Trinajstić information content (AvgIpc) is 1.46. The number of carbonyl (C=O) groups is 12. The Balaban J connectivity index is 1.98. The standard InChI is InChI=1S/C74H129F2N13O14/c1-19-21-30-89-41-62(93)84(15)59(37-51-28-24-22-25-29-51)71(100)86(17)57(35-47(7)8)66(95)79-54(43-103-42-52-39-74(75,76)44-77-52)69(98)85(16)56(34-46(5)6)65(94)78-53(70(99)88-31-26-23-27-32-88)38-60(91)82(13)40-61(92)83(14)55(33-45(3)4)67(96)80-63(49(11)20-2)72(101)87(18)58(36-48(9)10)68(97)81-64(50(12)90)73(89)102/h45-59,63-64,77,90H,19-44H2,1-18H3,(H,78,94)(H,79,95)(H,80,96)(H,81,97)/t49-,50+,52-,53-,54-,55-,56-,57-,58-,59-,63?,64-/m0/s1. The number of alkyl halides is 2. The van der Waals surface area contributed by atoms with Crippen LogP contribution >= 0.6 is 0 Å². The van der Waals surface area contributed by atoms with Crippen LogP contribution < -0.4 is 26.6 Å². The van der Waals surface area contributed by atoms with E-state index in [1.165, 1.54) is 73.7 Å². The van der Waals surface area contributed by atoms with Crippen molar-refractivity contribution in [2.75, 3.05) is 94.8 Å². The SMILES string of the molecule is CCCCN1CC(=O)N(C)[C@@H](CC2CCCCC2)C(=O)N(C)[C@@H](CC(C)C)C(=O)N[C@@H](COC[C@@H]2CC(F)(F)CN2)C(=O)N(C)[C@@H](CC(C)C)C(=O)N[C@H](C(=O)N2CCCCC2)CC(=O)N(C)CC(=O)N(C)[C@@H](CC(C)C)C(=O)NC([C@@H](C)CC)C(=O)N(C)[C@@H](CC(C)C)C(=O)N[C@@H]([C@@H](C)O)C1=O. The average molecular weight is 1460 g/mol. The number of hydrogen-bond acceptors (Lipinski definition) is 15. The van der Waals surface area contributed by atoms with Crippen LogP contribution in [0.15, 0.2) is 0 Å². The van der Waals surface area contributed by atoms with Gasteiger partial charge in [-0.1, -0.05) is 121 Å². The van der Waals surface area contributed by atoms with Crippen LogP contribution in [0.4, 0.5) is 8.78 Å². The van der Waals surface area contributed by atoms with Crippen molar-refractivity contribution in [3.8, 4) is 0 Å². The molecule has 0 radical (unpaired) electrons. The van der Waals surface area contributed by atoms with Crippen molar-refractivity contribution in [2.24, 2.45) is 35.5 Å². The predicted molar refractivity (Wildman–Crippen MR) is 387 cm³/mol. The highest BCUT2D eigenvalue weighted by Crippen LogP contribution is 2.31. The van der Waals surface area contributed by atoms with Gasteiger partial charge in [-0.25, -0.2) is 8.78 Å². The zero-order valence-corrected chi connectivity index (χ0v) is 65.3. The van der Waals surface area contributed by atoms with Crippen LogP contribution in [0.1, 0.15) is 199 Å². The summed E-state index contributed by atoms with van der Waals surface area (Å²) >= 11 is 0. The first-order chi connectivity index (χ1) is 48.2. The molecule has 27 nitrogen and oxygen atoms in total. The molecule has 0 bridgehead atoms. The first-order valence-corrected chi connectivity index (χ1v) is 38.0. The summed E-state index contributed by atoms with van der Waals surface area (Å²) in [5.74, 6) is -13.4. The molecular weight excluding hydrogens is 1330 g/mol. The van der Waals surface area contributed by atoms with Gasteiger partial charge in [0, 0.05) is 74.4 Å². The van der Waals surface area contributed by atoms with E-state index in [4.69, 9.17) is 4.74 Å². The Morgan fingerprint density at radius 1 is 0.544 bits per heavy atom. The molecule has 3 saturated heterocycles. The number of halogens is 2. The molecule has 29 heteroatoms. The molecular formula is C74H129F2N13O14. The van der Waals surface area contributed by atoms with E-state index in [9.17, 15) is 37.9 Å². The summed E-state index contributed by atoms with van der Waals surface area (Å²) in [6.07, 6.45) is 5.32. The molecule has 3 heterocycles. The van der Waals surface area contributed by atoms with Crippen LogP contribution in [-0.2, 0) is 62.3 Å². The first kappa shape index (κ1) is 88.8. The van der Waals surface area contributed by atoms with Crippen LogP contribution in [0.2, 0.25) is 0 Å². The fourth-order valence-electron chi connectivity index (χ4n) is 14.1. The second kappa shape index (κ2) is 41.9. The molecule has 6 N–H and O–H groups in total. The molecule has 1 saturated carbocycles. The van der Waals surface area contributed by atoms with Crippen molar-refractivity contribution < 1.29 is 76.2 Å². The highest BCUT2D eigenvalue weighted by atomic mass is 19.3. The lowest BCUT2D eigenvalue weighted by Gasteiger charge is -2.38. The number of carbonyl (C=O) groups excluding carboxylic acids is 12. The molecule has 4 rings (SSSR count). The minimum atomic E-state index is -3.03. The van der Waals surface area contributed by atoms with E-state index in [0.717, 1.165) is 48.3 Å². The topological polar surface area (TPSA) is 320 Å². The van der Waals surface area contributed by atoms with Crippen LogP contribution in [0.5, 0.6) is 0 Å². The van der Waals surface area contributed by atoms with Gasteiger partial charge in [0.15, 0.2) is 0 Å². The Hall–Kier alpha value is -6.62. The maximum atomic E-state index is 15.6. The highest BCUT2D eigenvalue weighted by Gasteiger charge is 2.45. The minimum absolute atomic E-state index is 0.00640. The molecule has 1 unspecified atom stereocenters. The number of aliphatic hydroxyl groups is 1. The third-order valence-corrected chi connectivity index (χ3v) is 20.8. The van der Waals surface area contributed by atoms with Crippen molar-refractivity contribution in [1.29, 1.82) is 0 Å². The number of ether oxygens (including phenoxy) is 1. The number of rotatable bonds is 21. The Morgan fingerprint density at radius 3 is 1.50 bits per heavy atom. The molecule has 0 spiro atoms. The Kier molecular flexibility index (Phi) is 36.1. The van der Waals surface area contributed by atoms with Gasteiger partial charge in [-0.3, -0.25) is 57.5 Å². The molecule has 4 fully saturated rings. The third-order valence-electron chi connectivity index (χ3n) is 20.8. The van der Waals surface area contributed by atoms with E-state index in [2.05, 4.69) is 26.6 Å². The fraction of sp³-hybridized carbons (Fsp3) is 0.838. The van der Waals surface area contributed by atoms with E-state index >= 15 is 33.6 Å². The zero-order chi connectivity index (χ0) is 77.5. The monoisotopic (exact) mass is 1460 g/mol. The van der Waals surface area contributed by atoms with Crippen molar-refractivity contribution >= 4 is 70.9 Å². The number of hydrogen-bond donors (Lipinski definition) is 6. The highest BCUT2D eigenvalue weighted by molar-refractivity contribution is 6.00. The van der Waals surface area contributed by atoms with E-state index < -0.39 is 188 Å². The quantitative estimate of drug-likeness (QED) is 0.0940. The van der Waals surface area contributed by atoms with Crippen molar-refractivity contribution in [1.82, 2.24) is 65.8 Å². The van der Waals surface area contributed by atoms with E-state index in [1.807, 2.05) is 55.4 Å². The van der Waals surface area contributed by atoms with Gasteiger partial charge in [-0.2, -0.15) is 0 Å². The molecule has 0 aromatic rings. The smallest absolute Gasteiger partial charge is 0.261 e. The van der Waals surface area contributed by atoms with Crippen LogP contribution in [-0.4, -0.2) is 282 Å². The fourth-order valence-corrected chi connectivity index (χ4v) is 14.1. The normalized spacial score (nSPS) is 27.4. The van der Waals surface area contributed by atoms with Gasteiger partial charge in [0.2, 0.25) is 70.9 Å². The van der Waals surface area contributed by atoms with Gasteiger partial charge < -0.3 is 75.6 Å². The summed E-state index contributed by atoms with van der Waals surface area (Å²) < 4.78 is 35.0. The lowest BCUT2D eigenvalue weighted by atomic mass is 9.84. The maximum Gasteiger partial charge on any atom is 0.261 e. The van der Waals surface area contributed by atoms with Crippen LogP contribution in [0.3, 0.4) is 0 Å². The van der Waals surface area contributed by atoms with Gasteiger partial charge in [-0.15, -0.1) is 0 Å². The van der Waals surface area contributed by atoms with Crippen LogP contribution in [0.25, 0.3) is 0 Å². The zero-order valence-electron chi connectivity index (χ0n) is 65.3. The first-order valence-electron chi connectivity index (χ1n) is 38.0. The summed E-state index contributed by atoms with van der Waals surface area (Å²) in [6, 6.07) is -13.3. The predicted octanol–water partition coefficient (Wildman–Crippen LogP) is 4.16. The molecule has 12 atom stereocenters. The second-order valence-electron chi connectivity index (χ2n) is 31.5. The lowest BCUT2D eigenvalue weighted by Crippen LogP contribution is -2.62. The largest absolute Gasteiger partial charge is 0.391 e. The summed E-state index contributed by atoms with van der Waals surface area (Å²) in [4.78, 5) is 190. The number of amides is 12. The van der Waals surface area contributed by atoms with Gasteiger partial charge >= 0.3 is 0 Å². The van der Waals surface area contributed by atoms with Gasteiger partial charge in [-0.05, 0) is 100 Å². The number of piperidine rings is 1. The number of aliphatic hydroxyl groups excluding tert-OH is 1. The molecule has 12 amide bonds. The Bertz CT molecular complexity index is 2840. The number of likely N-dealkylation sites (N-methyl/N-ethyl adjacent to an activating group) is 6. The number of unbranched alkanes of at least 4 members (excludes halogenated alkanes) is 1. The number of likely N-dealkylation sites (tertiary alicyclic amines) is 1. The molecule has 0 aromatic carbocycles. The van der Waals surface area contributed by atoms with Crippen molar-refractivity contribution in [3.63, 3.8) is 0 Å². The summed E-state index contributed by atoms with van der Waals surface area (Å²) in [5.41, 5.74) is 0. The van der Waals surface area contributed by atoms with Gasteiger partial charge in [0.25, 0.3) is 5.92 Å². The second-order valence-corrected chi connectivity index (χ2v) is 31.5. The molecule has 0 aromatic heterocycles. The number of nitrogens with one attached hydrogen (secondary N) is 5. The molecule has 1 aliphatic carbocycles. The Labute approximate surface area is 611 Å². The van der Waals surface area contributed by atoms with E-state index in [1.54, 1.807) is 25.7 Å². The maximum absolute atomic E-state index is 15.6. The molecule has 588 valence electrons. The summed E-state index contributed by atoms with van der Waals surface area (Å²) in [7, 11) is 8.38. The lowest BCUT2D eigenvalue weighted by molar-refractivity contribution is -0.152. The Morgan fingerprint density at radius 2 is 1.01 bits per heavy atom. The van der Waals surface area contributed by atoms with Crippen LogP contribution in [0, 0.1) is 35.5 Å². The minimum Gasteiger partial charge on any atom is -0.391 e. The van der Waals surface area contributed by atoms with Gasteiger partial charge in [0.05, 0.1) is 45.4 Å². The van der Waals surface area contributed by atoms with E-state index in [0.29, 0.717) is 45.2 Å². The van der Waals surface area contributed by atoms with Crippen molar-refractivity contribution in [3.05, 3.63) is 0 Å². The van der Waals surface area contributed by atoms with Crippen molar-refractivity contribution in [2.45, 2.75) is 271 Å². The molecule has 3 aliphatic heterocycles. The molecule has 4 aliphatic rings. The third kappa shape index (κ3) is 26.7. The van der Waals surface area contributed by atoms with Gasteiger partial charge in [0.1, 0.15) is 54.4 Å². The summed E-state index contributed by atoms with van der Waals surface area (Å²) in [6.45, 7) is 19.4. The molecule has 103 heavy (non-hydrogen) atoms. The van der Waals surface area contributed by atoms with E-state index in [-0.39, 0.29) is 74.8 Å². The summed E-state index contributed by atoms with van der Waals surface area (Å²) in [5, 5.41) is 25.4.